The number of H-pyrrole nitrogens is 1. The van der Waals surface area contributed by atoms with E-state index >= 15 is 0 Å². The molecule has 0 saturated heterocycles. The maximum Gasteiger partial charge on any atom is 0.237 e. The van der Waals surface area contributed by atoms with Crippen molar-refractivity contribution < 1.29 is 32.8 Å². The number of aliphatic imine (C=N–C) groups is 1. The Morgan fingerprint density at radius 1 is 1.15 bits per heavy atom. The quantitative estimate of drug-likeness (QED) is 0.431. The Kier molecular flexibility index (Phi) is 6.55. The van der Waals surface area contributed by atoms with Crippen LogP contribution in [0.2, 0.25) is 0 Å². The molecule has 3 N–H and O–H groups in total. The fourth-order valence-corrected chi connectivity index (χ4v) is 3.60. The number of aliphatic hydroxyl groups is 2. The third kappa shape index (κ3) is 5.35. The maximum atomic E-state index is 11.6. The van der Waals surface area contributed by atoms with Gasteiger partial charge in [-0.15, -0.1) is 0 Å². The van der Waals surface area contributed by atoms with Gasteiger partial charge in [0, 0.05) is 23.6 Å². The van der Waals surface area contributed by atoms with E-state index in [1.54, 1.807) is 38.1 Å². The third-order valence-electron chi connectivity index (χ3n) is 4.88. The Labute approximate surface area is 196 Å². The zero-order valence-corrected chi connectivity index (χ0v) is 19.5. The van der Waals surface area contributed by atoms with Gasteiger partial charge in [0.15, 0.2) is 21.1 Å². The van der Waals surface area contributed by atoms with Crippen molar-refractivity contribution in [3.63, 3.8) is 0 Å². The summed E-state index contributed by atoms with van der Waals surface area (Å²) >= 11 is 0. The Hall–Kier alpha value is -3.48. The number of aromatic nitrogens is 3. The molecule has 3 atom stereocenters. The molecule has 4 rings (SSSR count). The molecule has 11 nitrogen and oxygen atoms in total. The minimum Gasteiger partial charge on any atom is -0.488 e. The van der Waals surface area contributed by atoms with Gasteiger partial charge in [0.05, 0.1) is 19.0 Å². The number of nitrogens with one attached hydrogen (secondary N) is 1. The van der Waals surface area contributed by atoms with Crippen LogP contribution in [0.1, 0.15) is 19.5 Å². The minimum atomic E-state index is -3.48. The van der Waals surface area contributed by atoms with Crippen molar-refractivity contribution >= 4 is 15.7 Å². The van der Waals surface area contributed by atoms with Crippen LogP contribution in [0, 0.1) is 0 Å². The van der Waals surface area contributed by atoms with Crippen molar-refractivity contribution in [2.45, 2.75) is 37.3 Å². The van der Waals surface area contributed by atoms with Gasteiger partial charge in [0.1, 0.15) is 29.4 Å². The first-order valence-electron chi connectivity index (χ1n) is 10.4. The van der Waals surface area contributed by atoms with Gasteiger partial charge in [-0.3, -0.25) is 0 Å². The maximum absolute atomic E-state index is 11.6. The molecule has 34 heavy (non-hydrogen) atoms. The zero-order chi connectivity index (χ0) is 24.5. The standard InChI is InChI=1S/C22H24N4O7S/c1-12(11-27)31-15-6-14(17-4-5-18(25-17)22-26-21(28)13(2)32-22)7-16(8-15)33-19-9-24-20(10-23-19)34(3,29)30/h4-10,12-13,21,25,27-28H,11H2,1-3H3/t12-,13-,21?/m0/s1. The van der Waals surface area contributed by atoms with Gasteiger partial charge in [-0.25, -0.2) is 23.4 Å². The van der Waals surface area contributed by atoms with Crippen LogP contribution in [-0.2, 0) is 14.6 Å². The lowest BCUT2D eigenvalue weighted by Crippen LogP contribution is -2.17. The Morgan fingerprint density at radius 2 is 1.88 bits per heavy atom. The molecule has 0 saturated carbocycles. The van der Waals surface area contributed by atoms with E-state index in [1.165, 1.54) is 6.20 Å². The summed E-state index contributed by atoms with van der Waals surface area (Å²) < 4.78 is 40.3. The lowest BCUT2D eigenvalue weighted by atomic mass is 10.1. The molecule has 0 radical (unpaired) electrons. The SMILES string of the molecule is C[C@@H]1OC(c2ccc(-c3cc(Oc4cnc(S(C)(=O)=O)cn4)cc(O[C@@H](C)CO)c3)[nH]2)=NC1O. The summed E-state index contributed by atoms with van der Waals surface area (Å²) in [4.78, 5) is 15.2. The highest BCUT2D eigenvalue weighted by Crippen LogP contribution is 2.32. The second-order valence-electron chi connectivity index (χ2n) is 7.83. The molecule has 12 heteroatoms. The first-order valence-corrected chi connectivity index (χ1v) is 12.3. The molecule has 0 aliphatic carbocycles. The van der Waals surface area contributed by atoms with Crippen molar-refractivity contribution in [3.05, 3.63) is 48.4 Å². The minimum absolute atomic E-state index is 0.0922. The lowest BCUT2D eigenvalue weighted by molar-refractivity contribution is 0.0768. The van der Waals surface area contributed by atoms with E-state index in [0.717, 1.165) is 12.5 Å². The number of hydrogen-bond acceptors (Lipinski definition) is 10. The average Bonchev–Trinajstić information content (AvgIpc) is 3.40. The van der Waals surface area contributed by atoms with Crippen LogP contribution >= 0.6 is 0 Å². The summed E-state index contributed by atoms with van der Waals surface area (Å²) in [5, 5.41) is 19.0. The molecule has 0 fully saturated rings. The van der Waals surface area contributed by atoms with Gasteiger partial charge in [-0.2, -0.15) is 0 Å². The van der Waals surface area contributed by atoms with Gasteiger partial charge >= 0.3 is 0 Å². The second-order valence-corrected chi connectivity index (χ2v) is 9.79. The van der Waals surface area contributed by atoms with Gasteiger partial charge in [-0.1, -0.05) is 0 Å². The van der Waals surface area contributed by atoms with E-state index in [-0.39, 0.29) is 17.5 Å². The largest absolute Gasteiger partial charge is 0.488 e. The molecule has 0 spiro atoms. The molecule has 1 unspecified atom stereocenters. The number of nitrogens with zero attached hydrogens (tertiary/aromatic N) is 3. The molecule has 2 aromatic heterocycles. The highest BCUT2D eigenvalue weighted by atomic mass is 32.2. The van der Waals surface area contributed by atoms with E-state index in [0.29, 0.717) is 34.3 Å². The number of hydrogen-bond donors (Lipinski definition) is 3. The zero-order valence-electron chi connectivity index (χ0n) is 18.7. The second kappa shape index (κ2) is 9.41. The topological polar surface area (TPSA) is 156 Å². The summed E-state index contributed by atoms with van der Waals surface area (Å²) in [5.41, 5.74) is 1.98. The van der Waals surface area contributed by atoms with Crippen LogP contribution in [0.5, 0.6) is 17.4 Å². The molecule has 180 valence electrons. The summed E-state index contributed by atoms with van der Waals surface area (Å²) in [6, 6.07) is 8.71. The molecule has 3 heterocycles. The number of aliphatic hydroxyl groups excluding tert-OH is 2. The predicted octanol–water partition coefficient (Wildman–Crippen LogP) is 1.91. The Morgan fingerprint density at radius 3 is 2.50 bits per heavy atom. The fraction of sp³-hybridized carbons (Fsp3) is 0.318. The van der Waals surface area contributed by atoms with Gasteiger partial charge in [0.2, 0.25) is 11.8 Å². The molecular formula is C22H24N4O7S. The Balaban J connectivity index is 1.64. The smallest absolute Gasteiger partial charge is 0.237 e. The molecule has 1 aromatic carbocycles. The van der Waals surface area contributed by atoms with Crippen molar-refractivity contribution in [3.8, 4) is 28.6 Å². The highest BCUT2D eigenvalue weighted by Gasteiger charge is 2.26. The van der Waals surface area contributed by atoms with E-state index in [4.69, 9.17) is 14.2 Å². The van der Waals surface area contributed by atoms with Crippen LogP contribution < -0.4 is 9.47 Å². The van der Waals surface area contributed by atoms with Gasteiger partial charge < -0.3 is 29.4 Å². The summed E-state index contributed by atoms with van der Waals surface area (Å²) in [5.74, 6) is 1.19. The number of benzene rings is 1. The molecule has 3 aromatic rings. The Bertz CT molecular complexity index is 1310. The van der Waals surface area contributed by atoms with Crippen LogP contribution in [0.3, 0.4) is 0 Å². The molecule has 0 amide bonds. The van der Waals surface area contributed by atoms with E-state index in [1.807, 2.05) is 6.07 Å². The predicted molar refractivity (Wildman–Crippen MR) is 122 cm³/mol. The van der Waals surface area contributed by atoms with Crippen LogP contribution in [0.15, 0.2) is 52.7 Å². The molecule has 0 bridgehead atoms. The first-order chi connectivity index (χ1) is 16.1. The molecule has 1 aliphatic rings. The highest BCUT2D eigenvalue weighted by molar-refractivity contribution is 7.90. The van der Waals surface area contributed by atoms with Crippen molar-refractivity contribution in [2.75, 3.05) is 12.9 Å². The van der Waals surface area contributed by atoms with Gasteiger partial charge in [-0.05, 0) is 38.1 Å². The molecule has 1 aliphatic heterocycles. The lowest BCUT2D eigenvalue weighted by Gasteiger charge is -2.15. The van der Waals surface area contributed by atoms with Crippen molar-refractivity contribution in [1.29, 1.82) is 0 Å². The molecular weight excluding hydrogens is 464 g/mol. The number of aromatic amines is 1. The van der Waals surface area contributed by atoms with E-state index in [9.17, 15) is 18.6 Å². The van der Waals surface area contributed by atoms with Crippen LogP contribution in [-0.4, -0.2) is 70.8 Å². The van der Waals surface area contributed by atoms with E-state index in [2.05, 4.69) is 19.9 Å². The van der Waals surface area contributed by atoms with Crippen molar-refractivity contribution in [2.24, 2.45) is 4.99 Å². The fourth-order valence-electron chi connectivity index (χ4n) is 3.11. The summed E-state index contributed by atoms with van der Waals surface area (Å²) in [6.07, 6.45) is 1.56. The van der Waals surface area contributed by atoms with Crippen molar-refractivity contribution in [1.82, 2.24) is 15.0 Å². The monoisotopic (exact) mass is 488 g/mol. The van der Waals surface area contributed by atoms with Crippen LogP contribution in [0.25, 0.3) is 11.3 Å². The van der Waals surface area contributed by atoms with Gasteiger partial charge in [0.25, 0.3) is 0 Å². The number of rotatable bonds is 8. The number of sulfone groups is 1. The van der Waals surface area contributed by atoms with E-state index < -0.39 is 28.3 Å². The average molecular weight is 489 g/mol. The number of ether oxygens (including phenoxy) is 3. The summed E-state index contributed by atoms with van der Waals surface area (Å²) in [6.45, 7) is 3.27. The van der Waals surface area contributed by atoms with Crippen LogP contribution in [0.4, 0.5) is 0 Å². The third-order valence-corrected chi connectivity index (χ3v) is 5.85. The first kappa shape index (κ1) is 23.7. The normalized spacial score (nSPS) is 18.8. The summed E-state index contributed by atoms with van der Waals surface area (Å²) in [7, 11) is -3.48.